The SMILES string of the molecule is NCC(C(=O)O)c1nc2ccccc2s1. The fraction of sp³-hybridized carbons (Fsp3) is 0.200. The van der Waals surface area contributed by atoms with Crippen molar-refractivity contribution in [2.24, 2.45) is 5.73 Å². The van der Waals surface area contributed by atoms with Gasteiger partial charge in [-0.1, -0.05) is 12.1 Å². The maximum atomic E-state index is 10.9. The van der Waals surface area contributed by atoms with Crippen molar-refractivity contribution in [2.75, 3.05) is 6.54 Å². The van der Waals surface area contributed by atoms with E-state index in [0.29, 0.717) is 5.01 Å². The van der Waals surface area contributed by atoms with Gasteiger partial charge in [-0.2, -0.15) is 0 Å². The molecule has 0 saturated carbocycles. The highest BCUT2D eigenvalue weighted by Gasteiger charge is 2.21. The van der Waals surface area contributed by atoms with Crippen LogP contribution in [0.2, 0.25) is 0 Å². The molecule has 5 heteroatoms. The van der Waals surface area contributed by atoms with Crippen LogP contribution >= 0.6 is 11.3 Å². The van der Waals surface area contributed by atoms with E-state index in [9.17, 15) is 4.79 Å². The first-order valence-electron chi connectivity index (χ1n) is 4.50. The maximum Gasteiger partial charge on any atom is 0.314 e. The third-order valence-corrected chi connectivity index (χ3v) is 3.29. The van der Waals surface area contributed by atoms with Crippen molar-refractivity contribution in [3.05, 3.63) is 29.3 Å². The molecule has 0 spiro atoms. The van der Waals surface area contributed by atoms with Gasteiger partial charge in [0.2, 0.25) is 0 Å². The molecule has 0 amide bonds. The highest BCUT2D eigenvalue weighted by molar-refractivity contribution is 7.18. The smallest absolute Gasteiger partial charge is 0.314 e. The Labute approximate surface area is 90.4 Å². The molecule has 2 rings (SSSR count). The van der Waals surface area contributed by atoms with Gasteiger partial charge < -0.3 is 10.8 Å². The Kier molecular flexibility index (Phi) is 2.66. The molecule has 0 bridgehead atoms. The van der Waals surface area contributed by atoms with Crippen LogP contribution in [-0.2, 0) is 4.79 Å². The summed E-state index contributed by atoms with van der Waals surface area (Å²) in [5.74, 6) is -1.61. The largest absolute Gasteiger partial charge is 0.481 e. The number of carboxylic acid groups (broad SMARTS) is 1. The van der Waals surface area contributed by atoms with Gasteiger partial charge in [-0.05, 0) is 12.1 Å². The van der Waals surface area contributed by atoms with Crippen molar-refractivity contribution in [1.82, 2.24) is 4.98 Å². The molecule has 78 valence electrons. The molecule has 0 fully saturated rings. The van der Waals surface area contributed by atoms with Crippen LogP contribution in [0.1, 0.15) is 10.9 Å². The first kappa shape index (κ1) is 10.1. The summed E-state index contributed by atoms with van der Waals surface area (Å²) in [6.07, 6.45) is 0. The average Bonchev–Trinajstić information content (AvgIpc) is 2.61. The first-order valence-corrected chi connectivity index (χ1v) is 5.32. The van der Waals surface area contributed by atoms with Crippen LogP contribution in [0.5, 0.6) is 0 Å². The van der Waals surface area contributed by atoms with Gasteiger partial charge >= 0.3 is 5.97 Å². The van der Waals surface area contributed by atoms with Crippen LogP contribution in [0.4, 0.5) is 0 Å². The van der Waals surface area contributed by atoms with Crippen molar-refractivity contribution in [1.29, 1.82) is 0 Å². The predicted octanol–water partition coefficient (Wildman–Crippen LogP) is 1.42. The van der Waals surface area contributed by atoms with Gasteiger partial charge in [0.05, 0.1) is 10.2 Å². The summed E-state index contributed by atoms with van der Waals surface area (Å²) in [7, 11) is 0. The van der Waals surface area contributed by atoms with Crippen LogP contribution in [-0.4, -0.2) is 22.6 Å². The first-order chi connectivity index (χ1) is 7.22. The Morgan fingerprint density at radius 1 is 1.53 bits per heavy atom. The third-order valence-electron chi connectivity index (χ3n) is 2.14. The number of aromatic nitrogens is 1. The summed E-state index contributed by atoms with van der Waals surface area (Å²) in [6, 6.07) is 7.57. The van der Waals surface area contributed by atoms with Crippen molar-refractivity contribution < 1.29 is 9.90 Å². The maximum absolute atomic E-state index is 10.9. The van der Waals surface area contributed by atoms with Crippen molar-refractivity contribution >= 4 is 27.5 Å². The summed E-state index contributed by atoms with van der Waals surface area (Å²) in [5, 5.41) is 9.51. The summed E-state index contributed by atoms with van der Waals surface area (Å²) in [5.41, 5.74) is 6.24. The Bertz CT molecular complexity index is 462. The molecule has 1 heterocycles. The zero-order chi connectivity index (χ0) is 10.8. The molecule has 0 saturated heterocycles. The molecule has 0 aliphatic rings. The summed E-state index contributed by atoms with van der Waals surface area (Å²) in [4.78, 5) is 15.2. The number of aliphatic carboxylic acids is 1. The molecular formula is C10H10N2O2S. The summed E-state index contributed by atoms with van der Waals surface area (Å²) >= 11 is 1.39. The van der Waals surface area contributed by atoms with Gasteiger partial charge in [-0.25, -0.2) is 4.98 Å². The summed E-state index contributed by atoms with van der Waals surface area (Å²) < 4.78 is 0.993. The number of hydrogen-bond donors (Lipinski definition) is 2. The number of nitrogens with two attached hydrogens (primary N) is 1. The molecule has 15 heavy (non-hydrogen) atoms. The number of thiazole rings is 1. The van der Waals surface area contributed by atoms with Gasteiger partial charge in [0.1, 0.15) is 10.9 Å². The van der Waals surface area contributed by atoms with E-state index in [1.165, 1.54) is 11.3 Å². The van der Waals surface area contributed by atoms with E-state index in [1.807, 2.05) is 24.3 Å². The summed E-state index contributed by atoms with van der Waals surface area (Å²) in [6.45, 7) is 0.0785. The molecule has 1 unspecified atom stereocenters. The number of nitrogens with zero attached hydrogens (tertiary/aromatic N) is 1. The number of fused-ring (bicyclic) bond motifs is 1. The van der Waals surface area contributed by atoms with Crippen LogP contribution < -0.4 is 5.73 Å². The molecule has 2 aromatic rings. The number of carbonyl (C=O) groups is 1. The second kappa shape index (κ2) is 3.96. The second-order valence-electron chi connectivity index (χ2n) is 3.15. The van der Waals surface area contributed by atoms with Gasteiger partial charge in [-0.3, -0.25) is 4.79 Å². The minimum atomic E-state index is -0.920. The fourth-order valence-corrected chi connectivity index (χ4v) is 2.42. The van der Waals surface area contributed by atoms with Crippen LogP contribution in [0, 0.1) is 0 Å². The van der Waals surface area contributed by atoms with E-state index in [2.05, 4.69) is 4.98 Å². The molecule has 0 aliphatic heterocycles. The van der Waals surface area contributed by atoms with Crippen molar-refractivity contribution in [2.45, 2.75) is 5.92 Å². The van der Waals surface area contributed by atoms with Gasteiger partial charge in [0.15, 0.2) is 0 Å². The molecule has 0 aliphatic carbocycles. The lowest BCUT2D eigenvalue weighted by Crippen LogP contribution is -2.20. The van der Waals surface area contributed by atoms with Gasteiger partial charge in [0.25, 0.3) is 0 Å². The van der Waals surface area contributed by atoms with E-state index in [-0.39, 0.29) is 6.54 Å². The molecule has 3 N–H and O–H groups in total. The zero-order valence-corrected chi connectivity index (χ0v) is 8.70. The highest BCUT2D eigenvalue weighted by atomic mass is 32.1. The van der Waals surface area contributed by atoms with E-state index >= 15 is 0 Å². The van der Waals surface area contributed by atoms with E-state index in [4.69, 9.17) is 10.8 Å². The number of rotatable bonds is 3. The molecule has 4 nitrogen and oxygen atoms in total. The zero-order valence-electron chi connectivity index (χ0n) is 7.88. The molecule has 1 aromatic carbocycles. The Morgan fingerprint density at radius 2 is 2.27 bits per heavy atom. The number of para-hydroxylation sites is 1. The quantitative estimate of drug-likeness (QED) is 0.823. The van der Waals surface area contributed by atoms with Crippen LogP contribution in [0.15, 0.2) is 24.3 Å². The van der Waals surface area contributed by atoms with Gasteiger partial charge in [-0.15, -0.1) is 11.3 Å². The molecule has 0 radical (unpaired) electrons. The standard InChI is InChI=1S/C10H10N2O2S/c11-5-6(10(13)14)9-12-7-3-1-2-4-8(7)15-9/h1-4,6H,5,11H2,(H,13,14). The Balaban J connectivity index is 2.47. The van der Waals surface area contributed by atoms with Crippen LogP contribution in [0.25, 0.3) is 10.2 Å². The van der Waals surface area contributed by atoms with E-state index in [1.54, 1.807) is 0 Å². The number of hydrogen-bond acceptors (Lipinski definition) is 4. The predicted molar refractivity (Wildman–Crippen MR) is 59.1 cm³/mol. The lowest BCUT2D eigenvalue weighted by atomic mass is 10.1. The normalized spacial score (nSPS) is 12.9. The monoisotopic (exact) mass is 222 g/mol. The topological polar surface area (TPSA) is 76.2 Å². The van der Waals surface area contributed by atoms with Crippen molar-refractivity contribution in [3.8, 4) is 0 Å². The fourth-order valence-electron chi connectivity index (χ4n) is 1.35. The Hall–Kier alpha value is -1.46. The number of carboxylic acids is 1. The number of benzene rings is 1. The molecular weight excluding hydrogens is 212 g/mol. The minimum absolute atomic E-state index is 0.0785. The Morgan fingerprint density at radius 3 is 2.87 bits per heavy atom. The van der Waals surface area contributed by atoms with E-state index < -0.39 is 11.9 Å². The highest BCUT2D eigenvalue weighted by Crippen LogP contribution is 2.26. The van der Waals surface area contributed by atoms with E-state index in [0.717, 1.165) is 10.2 Å². The average molecular weight is 222 g/mol. The lowest BCUT2D eigenvalue weighted by Gasteiger charge is -2.03. The molecule has 1 aromatic heterocycles. The van der Waals surface area contributed by atoms with Gasteiger partial charge in [0, 0.05) is 6.54 Å². The third kappa shape index (κ3) is 1.84. The molecule has 1 atom stereocenters. The van der Waals surface area contributed by atoms with Crippen LogP contribution in [0.3, 0.4) is 0 Å². The minimum Gasteiger partial charge on any atom is -0.481 e. The second-order valence-corrected chi connectivity index (χ2v) is 4.21. The van der Waals surface area contributed by atoms with Crippen molar-refractivity contribution in [3.63, 3.8) is 0 Å². The lowest BCUT2D eigenvalue weighted by molar-refractivity contribution is -0.138.